The summed E-state index contributed by atoms with van der Waals surface area (Å²) in [7, 11) is 0. The maximum absolute atomic E-state index is 10.8. The van der Waals surface area contributed by atoms with Crippen molar-refractivity contribution in [2.75, 3.05) is 0 Å². The number of rotatable bonds is 7. The molecule has 78 valence electrons. The lowest BCUT2D eigenvalue weighted by Gasteiger charge is -2.07. The van der Waals surface area contributed by atoms with Gasteiger partial charge in [0.15, 0.2) is 5.78 Å². The fraction of sp³-hybridized carbons (Fsp3) is 0.444. The third-order valence-electron chi connectivity index (χ3n) is 1.73. The lowest BCUT2D eigenvalue weighted by Crippen LogP contribution is -2.18. The van der Waals surface area contributed by atoms with Crippen LogP contribution in [0, 0.1) is 5.92 Å². The standard InChI is InChI=1S/C9H12O5/c1-2-7(10)5-6(9(13)14)3-4-8(11)12/h2,6H,1,3-5H2,(H,11,12)(H,13,14). The van der Waals surface area contributed by atoms with Gasteiger partial charge < -0.3 is 10.2 Å². The second-order valence-electron chi connectivity index (χ2n) is 2.84. The molecule has 0 fully saturated rings. The molecule has 0 radical (unpaired) electrons. The Hall–Kier alpha value is -1.65. The van der Waals surface area contributed by atoms with Crippen LogP contribution in [0.4, 0.5) is 0 Å². The van der Waals surface area contributed by atoms with E-state index in [9.17, 15) is 14.4 Å². The van der Waals surface area contributed by atoms with Gasteiger partial charge in [0.2, 0.25) is 0 Å². The van der Waals surface area contributed by atoms with Gasteiger partial charge in [-0.25, -0.2) is 0 Å². The average Bonchev–Trinajstić information content (AvgIpc) is 2.10. The molecule has 0 saturated carbocycles. The molecule has 1 unspecified atom stereocenters. The predicted octanol–water partition coefficient (Wildman–Crippen LogP) is 0.697. The first-order chi connectivity index (χ1) is 6.47. The number of allylic oxidation sites excluding steroid dienone is 1. The molecule has 0 aromatic rings. The van der Waals surface area contributed by atoms with Gasteiger partial charge in [-0.15, -0.1) is 0 Å². The van der Waals surface area contributed by atoms with Gasteiger partial charge in [-0.2, -0.15) is 0 Å². The Morgan fingerprint density at radius 1 is 1.29 bits per heavy atom. The number of carbonyl (C=O) groups excluding carboxylic acids is 1. The molecule has 1 atom stereocenters. The molecule has 0 aromatic heterocycles. The molecule has 0 rings (SSSR count). The molecule has 0 aliphatic heterocycles. The van der Waals surface area contributed by atoms with Gasteiger partial charge >= 0.3 is 11.9 Å². The molecule has 0 aliphatic carbocycles. The molecule has 0 aliphatic rings. The summed E-state index contributed by atoms with van der Waals surface area (Å²) < 4.78 is 0. The first-order valence-electron chi connectivity index (χ1n) is 4.07. The van der Waals surface area contributed by atoms with E-state index in [-0.39, 0.29) is 25.0 Å². The van der Waals surface area contributed by atoms with Gasteiger partial charge in [-0.3, -0.25) is 14.4 Å². The van der Waals surface area contributed by atoms with Crippen molar-refractivity contribution >= 4 is 17.7 Å². The van der Waals surface area contributed by atoms with E-state index in [1.807, 2.05) is 0 Å². The summed E-state index contributed by atoms with van der Waals surface area (Å²) in [5.74, 6) is -3.54. The highest BCUT2D eigenvalue weighted by atomic mass is 16.4. The van der Waals surface area contributed by atoms with E-state index >= 15 is 0 Å². The van der Waals surface area contributed by atoms with Crippen LogP contribution in [0.3, 0.4) is 0 Å². The van der Waals surface area contributed by atoms with Gasteiger partial charge in [0.25, 0.3) is 0 Å². The van der Waals surface area contributed by atoms with Crippen LogP contribution >= 0.6 is 0 Å². The van der Waals surface area contributed by atoms with Crippen LogP contribution in [-0.2, 0) is 14.4 Å². The topological polar surface area (TPSA) is 91.7 Å². The lowest BCUT2D eigenvalue weighted by molar-refractivity contribution is -0.144. The van der Waals surface area contributed by atoms with Crippen LogP contribution in [0.15, 0.2) is 12.7 Å². The first kappa shape index (κ1) is 12.3. The summed E-state index contributed by atoms with van der Waals surface area (Å²) in [5.41, 5.74) is 0. The van der Waals surface area contributed by atoms with Gasteiger partial charge in [0.1, 0.15) is 0 Å². The first-order valence-corrected chi connectivity index (χ1v) is 4.07. The van der Waals surface area contributed by atoms with E-state index < -0.39 is 17.9 Å². The van der Waals surface area contributed by atoms with Crippen molar-refractivity contribution in [1.82, 2.24) is 0 Å². The molecule has 0 aromatic carbocycles. The van der Waals surface area contributed by atoms with Crippen molar-refractivity contribution in [2.24, 2.45) is 5.92 Å². The molecule has 0 spiro atoms. The third-order valence-corrected chi connectivity index (χ3v) is 1.73. The van der Waals surface area contributed by atoms with E-state index in [0.29, 0.717) is 0 Å². The van der Waals surface area contributed by atoms with E-state index in [1.54, 1.807) is 0 Å². The number of carbonyl (C=O) groups is 3. The summed E-state index contributed by atoms with van der Waals surface area (Å²) in [6, 6.07) is 0. The number of carboxylic acid groups (broad SMARTS) is 2. The lowest BCUT2D eigenvalue weighted by atomic mass is 9.97. The summed E-state index contributed by atoms with van der Waals surface area (Å²) >= 11 is 0. The Morgan fingerprint density at radius 3 is 2.21 bits per heavy atom. The molecule has 0 bridgehead atoms. The number of hydrogen-bond acceptors (Lipinski definition) is 3. The van der Waals surface area contributed by atoms with Gasteiger partial charge in [-0.1, -0.05) is 6.58 Å². The largest absolute Gasteiger partial charge is 0.481 e. The van der Waals surface area contributed by atoms with Crippen LogP contribution < -0.4 is 0 Å². The fourth-order valence-corrected chi connectivity index (χ4v) is 0.937. The zero-order valence-electron chi connectivity index (χ0n) is 7.60. The summed E-state index contributed by atoms with van der Waals surface area (Å²) in [4.78, 5) is 31.6. The Balaban J connectivity index is 4.15. The second-order valence-corrected chi connectivity index (χ2v) is 2.84. The Bertz CT molecular complexity index is 256. The number of ketones is 1. The SMILES string of the molecule is C=CC(=O)CC(CCC(=O)O)C(=O)O. The molecular formula is C9H12O5. The maximum Gasteiger partial charge on any atom is 0.306 e. The van der Waals surface area contributed by atoms with Crippen molar-refractivity contribution in [3.8, 4) is 0 Å². The van der Waals surface area contributed by atoms with Crippen LogP contribution in [0.25, 0.3) is 0 Å². The van der Waals surface area contributed by atoms with Crippen LogP contribution in [0.5, 0.6) is 0 Å². The molecule has 5 heteroatoms. The molecule has 2 N–H and O–H groups in total. The van der Waals surface area contributed by atoms with E-state index in [2.05, 4.69) is 6.58 Å². The van der Waals surface area contributed by atoms with Gasteiger partial charge in [-0.05, 0) is 12.5 Å². The summed E-state index contributed by atoms with van der Waals surface area (Å²) in [6.45, 7) is 3.21. The monoisotopic (exact) mass is 200 g/mol. The zero-order valence-corrected chi connectivity index (χ0v) is 7.60. The van der Waals surface area contributed by atoms with E-state index in [4.69, 9.17) is 10.2 Å². The average molecular weight is 200 g/mol. The molecule has 5 nitrogen and oxygen atoms in total. The molecule has 0 heterocycles. The minimum Gasteiger partial charge on any atom is -0.481 e. The predicted molar refractivity (Wildman–Crippen MR) is 47.8 cm³/mol. The quantitative estimate of drug-likeness (QED) is 0.590. The highest BCUT2D eigenvalue weighted by Gasteiger charge is 2.20. The van der Waals surface area contributed by atoms with Gasteiger partial charge in [0, 0.05) is 12.8 Å². The summed E-state index contributed by atoms with van der Waals surface area (Å²) in [6.07, 6.45) is 0.564. The van der Waals surface area contributed by atoms with E-state index in [0.717, 1.165) is 6.08 Å². The smallest absolute Gasteiger partial charge is 0.306 e. The van der Waals surface area contributed by atoms with E-state index in [1.165, 1.54) is 0 Å². The van der Waals surface area contributed by atoms with Crippen LogP contribution in [0.2, 0.25) is 0 Å². The van der Waals surface area contributed by atoms with Crippen LogP contribution in [0.1, 0.15) is 19.3 Å². The van der Waals surface area contributed by atoms with Crippen molar-refractivity contribution in [3.05, 3.63) is 12.7 Å². The Kier molecular flexibility index (Phi) is 5.21. The van der Waals surface area contributed by atoms with Gasteiger partial charge in [0.05, 0.1) is 5.92 Å². The second kappa shape index (κ2) is 5.90. The highest BCUT2D eigenvalue weighted by Crippen LogP contribution is 2.12. The highest BCUT2D eigenvalue weighted by molar-refractivity contribution is 5.91. The van der Waals surface area contributed by atoms with Crippen molar-refractivity contribution in [3.63, 3.8) is 0 Å². The summed E-state index contributed by atoms with van der Waals surface area (Å²) in [5, 5.41) is 17.0. The number of carboxylic acids is 2. The molecule has 0 amide bonds. The minimum absolute atomic E-state index is 0.0375. The van der Waals surface area contributed by atoms with Crippen molar-refractivity contribution < 1.29 is 24.6 Å². The number of hydrogen-bond donors (Lipinski definition) is 2. The Labute approximate surface area is 81.0 Å². The third kappa shape index (κ3) is 5.08. The fourth-order valence-electron chi connectivity index (χ4n) is 0.937. The van der Waals surface area contributed by atoms with Crippen molar-refractivity contribution in [1.29, 1.82) is 0 Å². The zero-order chi connectivity index (χ0) is 11.1. The molecular weight excluding hydrogens is 188 g/mol. The molecule has 0 saturated heterocycles. The normalized spacial score (nSPS) is 11.7. The minimum atomic E-state index is -1.15. The maximum atomic E-state index is 10.8. The molecule has 14 heavy (non-hydrogen) atoms. The number of aliphatic carboxylic acids is 2. The van der Waals surface area contributed by atoms with Crippen LogP contribution in [-0.4, -0.2) is 27.9 Å². The Morgan fingerprint density at radius 2 is 1.86 bits per heavy atom. The van der Waals surface area contributed by atoms with Crippen molar-refractivity contribution in [2.45, 2.75) is 19.3 Å².